The molecule has 0 spiro atoms. The molecule has 3 aromatic carbocycles. The van der Waals surface area contributed by atoms with E-state index in [-0.39, 0.29) is 5.69 Å². The van der Waals surface area contributed by atoms with Gasteiger partial charge in [0.25, 0.3) is 5.91 Å². The number of aryl methyl sites for hydroxylation is 1. The second-order valence-corrected chi connectivity index (χ2v) is 9.02. The summed E-state index contributed by atoms with van der Waals surface area (Å²) in [7, 11) is 0. The summed E-state index contributed by atoms with van der Waals surface area (Å²) in [6, 6.07) is 19.0. The smallest absolute Gasteiger partial charge is 0.321 e. The first kappa shape index (κ1) is 23.5. The maximum absolute atomic E-state index is 13.1. The molecule has 34 heavy (non-hydrogen) atoms. The molecule has 0 aliphatic carbocycles. The molecule has 0 atom stereocenters. The summed E-state index contributed by atoms with van der Waals surface area (Å²) >= 11 is 9.33. The van der Waals surface area contributed by atoms with Gasteiger partial charge in [0.2, 0.25) is 0 Å². The van der Waals surface area contributed by atoms with E-state index in [1.54, 1.807) is 54.6 Å². The van der Waals surface area contributed by atoms with Crippen LogP contribution in [-0.2, 0) is 9.59 Å². The van der Waals surface area contributed by atoms with Gasteiger partial charge in [0, 0.05) is 26.3 Å². The Kier molecular flexibility index (Phi) is 6.72. The van der Waals surface area contributed by atoms with E-state index in [0.717, 1.165) is 15.6 Å². The molecule has 0 saturated heterocycles. The number of hydrogen-bond acceptors (Lipinski definition) is 3. The molecule has 3 N–H and O–H groups in total. The van der Waals surface area contributed by atoms with E-state index in [0.29, 0.717) is 27.3 Å². The molecule has 0 bridgehead atoms. The Morgan fingerprint density at radius 2 is 1.62 bits per heavy atom. The zero-order chi connectivity index (χ0) is 24.4. The van der Waals surface area contributed by atoms with E-state index in [2.05, 4.69) is 32.0 Å². The predicted molar refractivity (Wildman–Crippen MR) is 138 cm³/mol. The first-order valence-corrected chi connectivity index (χ1v) is 11.5. The maximum Gasteiger partial charge on any atom is 0.328 e. The quantitative estimate of drug-likeness (QED) is 0.293. The number of anilines is 2. The number of aromatic nitrogens is 1. The van der Waals surface area contributed by atoms with Gasteiger partial charge in [-0.1, -0.05) is 39.7 Å². The number of halogens is 2. The standard InChI is InChI=1S/C25H20BrClN4O3/c1-14-4-3-5-20(15(14)2)29-24(33)25(34)30-31-21-11-6-17(26)12-16(21)13-22(31)23(32)28-19-9-7-18(27)8-10-19/h3-13H,1-2H3,(H,28,32)(H,29,33)(H,30,34). The van der Waals surface area contributed by atoms with E-state index >= 15 is 0 Å². The van der Waals surface area contributed by atoms with Crippen LogP contribution in [0.15, 0.2) is 71.2 Å². The summed E-state index contributed by atoms with van der Waals surface area (Å²) in [5.41, 5.74) is 6.18. The zero-order valence-electron chi connectivity index (χ0n) is 18.3. The highest BCUT2D eigenvalue weighted by atomic mass is 79.9. The van der Waals surface area contributed by atoms with Gasteiger partial charge >= 0.3 is 11.8 Å². The van der Waals surface area contributed by atoms with Gasteiger partial charge in [-0.05, 0) is 79.6 Å². The number of hydrogen-bond donors (Lipinski definition) is 3. The number of nitrogens with zero attached hydrogens (tertiary/aromatic N) is 1. The molecule has 7 nitrogen and oxygen atoms in total. The highest BCUT2D eigenvalue weighted by molar-refractivity contribution is 9.10. The van der Waals surface area contributed by atoms with Crippen molar-refractivity contribution >= 4 is 67.5 Å². The molecule has 1 heterocycles. The van der Waals surface area contributed by atoms with Crippen molar-refractivity contribution in [2.75, 3.05) is 16.1 Å². The van der Waals surface area contributed by atoms with Crippen molar-refractivity contribution in [3.05, 3.63) is 93.0 Å². The van der Waals surface area contributed by atoms with Crippen molar-refractivity contribution in [3.8, 4) is 0 Å². The molecule has 9 heteroatoms. The van der Waals surface area contributed by atoms with Crippen LogP contribution >= 0.6 is 27.5 Å². The summed E-state index contributed by atoms with van der Waals surface area (Å²) < 4.78 is 2.11. The lowest BCUT2D eigenvalue weighted by Crippen LogP contribution is -2.36. The van der Waals surface area contributed by atoms with Gasteiger partial charge in [-0.2, -0.15) is 0 Å². The number of rotatable bonds is 4. The van der Waals surface area contributed by atoms with Gasteiger partial charge < -0.3 is 10.6 Å². The van der Waals surface area contributed by atoms with Crippen LogP contribution in [0, 0.1) is 13.8 Å². The third-order valence-electron chi connectivity index (χ3n) is 5.37. The number of carbonyl (C=O) groups excluding carboxylic acids is 3. The molecule has 0 radical (unpaired) electrons. The third-order valence-corrected chi connectivity index (χ3v) is 6.12. The van der Waals surface area contributed by atoms with E-state index < -0.39 is 17.7 Å². The number of benzene rings is 3. The minimum Gasteiger partial charge on any atom is -0.321 e. The number of amides is 3. The normalized spacial score (nSPS) is 10.7. The summed E-state index contributed by atoms with van der Waals surface area (Å²) in [5, 5.41) is 6.65. The lowest BCUT2D eigenvalue weighted by molar-refractivity contribution is -0.133. The molecule has 0 aliphatic heterocycles. The molecule has 3 amide bonds. The lowest BCUT2D eigenvalue weighted by atomic mass is 10.1. The van der Waals surface area contributed by atoms with Gasteiger partial charge in [0.15, 0.2) is 0 Å². The van der Waals surface area contributed by atoms with Crippen LogP contribution in [0.1, 0.15) is 21.6 Å². The first-order chi connectivity index (χ1) is 16.2. The van der Waals surface area contributed by atoms with Crippen LogP contribution in [-0.4, -0.2) is 22.4 Å². The van der Waals surface area contributed by atoms with Gasteiger partial charge in [-0.3, -0.25) is 19.8 Å². The van der Waals surface area contributed by atoms with Crippen molar-refractivity contribution < 1.29 is 14.4 Å². The second-order valence-electron chi connectivity index (χ2n) is 7.67. The molecular weight excluding hydrogens is 520 g/mol. The summed E-state index contributed by atoms with van der Waals surface area (Å²) in [6.07, 6.45) is 0. The van der Waals surface area contributed by atoms with Crippen LogP contribution in [0.25, 0.3) is 10.9 Å². The van der Waals surface area contributed by atoms with Crippen LogP contribution in [0.2, 0.25) is 5.02 Å². The Morgan fingerprint density at radius 1 is 0.882 bits per heavy atom. The van der Waals surface area contributed by atoms with Crippen LogP contribution in [0.4, 0.5) is 11.4 Å². The third kappa shape index (κ3) is 4.98. The molecule has 172 valence electrons. The number of nitrogens with one attached hydrogen (secondary N) is 3. The van der Waals surface area contributed by atoms with Crippen molar-refractivity contribution in [3.63, 3.8) is 0 Å². The van der Waals surface area contributed by atoms with Gasteiger partial charge in [-0.25, -0.2) is 4.68 Å². The van der Waals surface area contributed by atoms with Gasteiger partial charge in [0.05, 0.1) is 5.52 Å². The zero-order valence-corrected chi connectivity index (χ0v) is 20.6. The molecule has 0 fully saturated rings. The molecule has 1 aromatic heterocycles. The second kappa shape index (κ2) is 9.70. The first-order valence-electron chi connectivity index (χ1n) is 10.3. The van der Waals surface area contributed by atoms with Crippen molar-refractivity contribution in [1.29, 1.82) is 0 Å². The molecule has 4 rings (SSSR count). The minimum atomic E-state index is -0.915. The van der Waals surface area contributed by atoms with Crippen molar-refractivity contribution in [2.24, 2.45) is 0 Å². The van der Waals surface area contributed by atoms with Gasteiger partial charge in [-0.15, -0.1) is 0 Å². The predicted octanol–water partition coefficient (Wildman–Crippen LogP) is 5.64. The Balaban J connectivity index is 1.63. The molecule has 0 saturated carbocycles. The average molecular weight is 540 g/mol. The average Bonchev–Trinajstić information content (AvgIpc) is 3.15. The monoisotopic (exact) mass is 538 g/mol. The Labute approximate surface area is 209 Å². The van der Waals surface area contributed by atoms with E-state index in [1.165, 1.54) is 4.68 Å². The fourth-order valence-corrected chi connectivity index (χ4v) is 3.92. The summed E-state index contributed by atoms with van der Waals surface area (Å²) in [6.45, 7) is 3.78. The van der Waals surface area contributed by atoms with Crippen molar-refractivity contribution in [1.82, 2.24) is 4.68 Å². The lowest BCUT2D eigenvalue weighted by Gasteiger charge is -2.14. The summed E-state index contributed by atoms with van der Waals surface area (Å²) in [4.78, 5) is 38.5. The van der Waals surface area contributed by atoms with E-state index in [1.807, 2.05) is 26.0 Å². The van der Waals surface area contributed by atoms with Crippen LogP contribution in [0.3, 0.4) is 0 Å². The maximum atomic E-state index is 13.1. The SMILES string of the molecule is Cc1cccc(NC(=O)C(=O)Nn2c(C(=O)Nc3ccc(Cl)cc3)cc3cc(Br)ccc32)c1C. The van der Waals surface area contributed by atoms with Gasteiger partial charge in [0.1, 0.15) is 5.69 Å². The molecule has 0 aliphatic rings. The Hall–Kier alpha value is -3.62. The van der Waals surface area contributed by atoms with E-state index in [9.17, 15) is 14.4 Å². The topological polar surface area (TPSA) is 92.2 Å². The van der Waals surface area contributed by atoms with E-state index in [4.69, 9.17) is 11.6 Å². The Morgan fingerprint density at radius 3 is 2.35 bits per heavy atom. The number of fused-ring (bicyclic) bond motifs is 1. The molecular formula is C25H20BrClN4O3. The van der Waals surface area contributed by atoms with Crippen LogP contribution in [0.5, 0.6) is 0 Å². The minimum absolute atomic E-state index is 0.149. The van der Waals surface area contributed by atoms with Crippen LogP contribution < -0.4 is 16.1 Å². The molecule has 0 unspecified atom stereocenters. The van der Waals surface area contributed by atoms with Crippen molar-refractivity contribution in [2.45, 2.75) is 13.8 Å². The fraction of sp³-hybridized carbons (Fsp3) is 0.0800. The molecule has 4 aromatic rings. The fourth-order valence-electron chi connectivity index (χ4n) is 3.42. The highest BCUT2D eigenvalue weighted by Crippen LogP contribution is 2.24. The highest BCUT2D eigenvalue weighted by Gasteiger charge is 2.21. The summed E-state index contributed by atoms with van der Waals surface area (Å²) in [5.74, 6) is -2.23. The Bertz CT molecular complexity index is 1430. The number of carbonyl (C=O) groups is 3. The largest absolute Gasteiger partial charge is 0.328 e.